The summed E-state index contributed by atoms with van der Waals surface area (Å²) < 4.78 is 0. The first-order valence-electron chi connectivity index (χ1n) is 9.22. The van der Waals surface area contributed by atoms with Gasteiger partial charge in [-0.05, 0) is 69.5 Å². The second-order valence-electron chi connectivity index (χ2n) is 7.07. The van der Waals surface area contributed by atoms with E-state index in [-0.39, 0.29) is 11.8 Å². The summed E-state index contributed by atoms with van der Waals surface area (Å²) in [4.78, 5) is 25.7. The van der Waals surface area contributed by atoms with Crippen LogP contribution in [0.1, 0.15) is 50.2 Å². The molecule has 0 atom stereocenters. The Morgan fingerprint density at radius 1 is 1.19 bits per heavy atom. The highest BCUT2D eigenvalue weighted by Gasteiger charge is 2.26. The number of nitrogens with zero attached hydrogens (tertiary/aromatic N) is 2. The number of piperidine rings is 1. The number of amides is 2. The fourth-order valence-corrected chi connectivity index (χ4v) is 3.02. The minimum Gasteiger partial charge on any atom is -0.508 e. The molecule has 0 bridgehead atoms. The highest BCUT2D eigenvalue weighted by Crippen LogP contribution is 2.22. The van der Waals surface area contributed by atoms with Gasteiger partial charge >= 0.3 is 11.8 Å². The summed E-state index contributed by atoms with van der Waals surface area (Å²) in [5.74, 6) is -1.15. The van der Waals surface area contributed by atoms with Gasteiger partial charge in [-0.25, -0.2) is 5.43 Å². The van der Waals surface area contributed by atoms with Crippen molar-refractivity contribution in [3.8, 4) is 5.75 Å². The highest BCUT2D eigenvalue weighted by molar-refractivity contribution is 6.35. The zero-order valence-corrected chi connectivity index (χ0v) is 15.1. The van der Waals surface area contributed by atoms with Crippen molar-refractivity contribution in [2.24, 2.45) is 5.10 Å². The van der Waals surface area contributed by atoms with Crippen LogP contribution >= 0.6 is 0 Å². The summed E-state index contributed by atoms with van der Waals surface area (Å²) in [6.07, 6.45) is 5.50. The Kier molecular flexibility index (Phi) is 5.88. The molecule has 7 heteroatoms. The number of likely N-dealkylation sites (tertiary alicyclic amines) is 1. The Morgan fingerprint density at radius 2 is 1.92 bits per heavy atom. The molecule has 1 aromatic rings. The van der Waals surface area contributed by atoms with Crippen molar-refractivity contribution in [2.75, 3.05) is 13.1 Å². The van der Waals surface area contributed by atoms with Gasteiger partial charge in [-0.2, -0.15) is 5.10 Å². The number of phenolic OH excluding ortho intramolecular Hbond substituents is 1. The molecule has 140 valence electrons. The van der Waals surface area contributed by atoms with Gasteiger partial charge in [-0.1, -0.05) is 6.42 Å². The van der Waals surface area contributed by atoms with E-state index in [1.165, 1.54) is 19.3 Å². The van der Waals surface area contributed by atoms with E-state index in [0.29, 0.717) is 12.3 Å². The molecule has 2 aliphatic rings. The summed E-state index contributed by atoms with van der Waals surface area (Å²) in [5.41, 5.74) is 4.52. The van der Waals surface area contributed by atoms with Crippen LogP contribution in [0.4, 0.5) is 0 Å². The minimum absolute atomic E-state index is 0.132. The van der Waals surface area contributed by atoms with Crippen LogP contribution in [0.2, 0.25) is 0 Å². The molecule has 1 aliphatic carbocycles. The monoisotopic (exact) mass is 358 g/mol. The number of hydrogen-bond donors (Lipinski definition) is 3. The Balaban J connectivity index is 1.62. The van der Waals surface area contributed by atoms with E-state index in [9.17, 15) is 14.7 Å². The quantitative estimate of drug-likeness (QED) is 0.422. The molecule has 0 radical (unpaired) electrons. The Labute approximate surface area is 153 Å². The molecule has 1 saturated heterocycles. The van der Waals surface area contributed by atoms with Gasteiger partial charge in [0.2, 0.25) is 0 Å². The first-order chi connectivity index (χ1) is 12.5. The molecule has 1 heterocycles. The standard InChI is InChI=1S/C19H26N4O3/c1-13(21-22-19(26)18(25)20-16-6-7-16)14-5-8-17(24)15(11-14)12-23-9-3-2-4-10-23/h5,8,11,16,24H,2-4,6-7,9-10,12H2,1H3,(H,20,25)(H,22,26)/b21-13+. The fourth-order valence-electron chi connectivity index (χ4n) is 3.02. The van der Waals surface area contributed by atoms with Crippen molar-refractivity contribution < 1.29 is 14.7 Å². The Hall–Kier alpha value is -2.41. The van der Waals surface area contributed by atoms with Crippen molar-refractivity contribution in [3.05, 3.63) is 29.3 Å². The number of carbonyl (C=O) groups excluding carboxylic acids is 2. The largest absolute Gasteiger partial charge is 0.508 e. The van der Waals surface area contributed by atoms with Crippen LogP contribution in [-0.4, -0.2) is 46.7 Å². The third kappa shape index (κ3) is 5.05. The lowest BCUT2D eigenvalue weighted by molar-refractivity contribution is -0.139. The number of hydrazone groups is 1. The van der Waals surface area contributed by atoms with E-state index in [4.69, 9.17) is 0 Å². The predicted molar refractivity (Wildman–Crippen MR) is 98.8 cm³/mol. The summed E-state index contributed by atoms with van der Waals surface area (Å²) >= 11 is 0. The molecule has 3 rings (SSSR count). The maximum atomic E-state index is 11.7. The smallest absolute Gasteiger partial charge is 0.329 e. The maximum absolute atomic E-state index is 11.7. The van der Waals surface area contributed by atoms with Gasteiger partial charge in [-0.3, -0.25) is 14.5 Å². The molecule has 2 amide bonds. The van der Waals surface area contributed by atoms with Gasteiger partial charge < -0.3 is 10.4 Å². The molecule has 0 unspecified atom stereocenters. The summed E-state index contributed by atoms with van der Waals surface area (Å²) in [6.45, 7) is 4.55. The molecule has 1 aromatic carbocycles. The van der Waals surface area contributed by atoms with Crippen molar-refractivity contribution in [1.82, 2.24) is 15.6 Å². The molecule has 0 spiro atoms. The van der Waals surface area contributed by atoms with Crippen LogP contribution in [-0.2, 0) is 16.1 Å². The molecular weight excluding hydrogens is 332 g/mol. The van der Waals surface area contributed by atoms with Crippen molar-refractivity contribution in [1.29, 1.82) is 0 Å². The van der Waals surface area contributed by atoms with E-state index < -0.39 is 11.8 Å². The van der Waals surface area contributed by atoms with Crippen LogP contribution in [0.25, 0.3) is 0 Å². The van der Waals surface area contributed by atoms with Crippen molar-refractivity contribution >= 4 is 17.5 Å². The molecule has 3 N–H and O–H groups in total. The van der Waals surface area contributed by atoms with Crippen LogP contribution in [0, 0.1) is 0 Å². The molecule has 7 nitrogen and oxygen atoms in total. The number of hydrogen-bond acceptors (Lipinski definition) is 5. The molecule has 2 fully saturated rings. The molecular formula is C19H26N4O3. The van der Waals surface area contributed by atoms with E-state index in [1.54, 1.807) is 19.1 Å². The Morgan fingerprint density at radius 3 is 2.62 bits per heavy atom. The van der Waals surface area contributed by atoms with E-state index >= 15 is 0 Å². The lowest BCUT2D eigenvalue weighted by Crippen LogP contribution is -2.39. The lowest BCUT2D eigenvalue weighted by Gasteiger charge is -2.26. The van der Waals surface area contributed by atoms with Crippen LogP contribution in [0.3, 0.4) is 0 Å². The van der Waals surface area contributed by atoms with Gasteiger partial charge in [0.15, 0.2) is 0 Å². The van der Waals surface area contributed by atoms with Gasteiger partial charge in [0.05, 0.1) is 5.71 Å². The van der Waals surface area contributed by atoms with Crippen molar-refractivity contribution in [3.63, 3.8) is 0 Å². The fraction of sp³-hybridized carbons (Fsp3) is 0.526. The van der Waals surface area contributed by atoms with E-state index in [2.05, 4.69) is 20.7 Å². The van der Waals surface area contributed by atoms with E-state index in [1.807, 2.05) is 6.07 Å². The van der Waals surface area contributed by atoms with Crippen LogP contribution in [0.15, 0.2) is 23.3 Å². The number of carbonyl (C=O) groups is 2. The topological polar surface area (TPSA) is 94.0 Å². The highest BCUT2D eigenvalue weighted by atomic mass is 16.3. The number of phenols is 1. The molecule has 1 aliphatic heterocycles. The van der Waals surface area contributed by atoms with Gasteiger partial charge in [-0.15, -0.1) is 0 Å². The first kappa shape index (κ1) is 18.4. The molecule has 0 aromatic heterocycles. The third-order valence-electron chi connectivity index (χ3n) is 4.78. The Bertz CT molecular complexity index is 707. The minimum atomic E-state index is -0.761. The number of benzene rings is 1. The summed E-state index contributed by atoms with van der Waals surface area (Å²) in [7, 11) is 0. The van der Waals surface area contributed by atoms with E-state index in [0.717, 1.165) is 37.1 Å². The third-order valence-corrected chi connectivity index (χ3v) is 4.78. The van der Waals surface area contributed by atoms with Crippen LogP contribution in [0.5, 0.6) is 5.75 Å². The average molecular weight is 358 g/mol. The lowest BCUT2D eigenvalue weighted by atomic mass is 10.0. The summed E-state index contributed by atoms with van der Waals surface area (Å²) in [5, 5.41) is 16.8. The average Bonchev–Trinajstić information content (AvgIpc) is 3.46. The second kappa shape index (κ2) is 8.31. The normalized spacial score (nSPS) is 18.4. The molecule has 26 heavy (non-hydrogen) atoms. The van der Waals surface area contributed by atoms with Gasteiger partial charge in [0.1, 0.15) is 5.75 Å². The predicted octanol–water partition coefficient (Wildman–Crippen LogP) is 1.50. The van der Waals surface area contributed by atoms with Gasteiger partial charge in [0, 0.05) is 18.2 Å². The molecule has 1 saturated carbocycles. The first-order valence-corrected chi connectivity index (χ1v) is 9.22. The van der Waals surface area contributed by atoms with Crippen LogP contribution < -0.4 is 10.7 Å². The number of aromatic hydroxyl groups is 1. The summed E-state index contributed by atoms with van der Waals surface area (Å²) in [6, 6.07) is 5.42. The zero-order chi connectivity index (χ0) is 18.5. The number of rotatable bonds is 5. The zero-order valence-electron chi connectivity index (χ0n) is 15.1. The van der Waals surface area contributed by atoms with Gasteiger partial charge in [0.25, 0.3) is 0 Å². The SMILES string of the molecule is C/C(=N\NC(=O)C(=O)NC1CC1)c1ccc(O)c(CN2CCCCC2)c1. The number of nitrogens with one attached hydrogen (secondary N) is 2. The van der Waals surface area contributed by atoms with Crippen molar-refractivity contribution in [2.45, 2.75) is 51.6 Å². The second-order valence-corrected chi connectivity index (χ2v) is 7.07. The maximum Gasteiger partial charge on any atom is 0.329 e.